The minimum absolute atomic E-state index is 0.412. The second-order valence-corrected chi connectivity index (χ2v) is 6.43. The third-order valence-corrected chi connectivity index (χ3v) is 4.83. The molecule has 3 heterocycles. The van der Waals surface area contributed by atoms with Gasteiger partial charge >= 0.3 is 5.63 Å². The second kappa shape index (κ2) is 5.35. The Morgan fingerprint density at radius 1 is 0.960 bits per heavy atom. The van der Waals surface area contributed by atoms with Crippen molar-refractivity contribution in [1.82, 2.24) is 19.8 Å². The molecule has 0 radical (unpaired) electrons. The van der Waals surface area contributed by atoms with E-state index in [-0.39, 0.29) is 0 Å². The van der Waals surface area contributed by atoms with Gasteiger partial charge in [-0.3, -0.25) is 0 Å². The van der Waals surface area contributed by atoms with Gasteiger partial charge in [-0.15, -0.1) is 10.2 Å². The molecule has 5 rings (SSSR count). The number of aromatic nitrogens is 4. The lowest BCUT2D eigenvalue weighted by Gasteiger charge is -1.98. The molecule has 0 aliphatic rings. The Morgan fingerprint density at radius 3 is 2.64 bits per heavy atom. The molecule has 0 atom stereocenters. The molecule has 5 aromatic rings. The number of benzene rings is 2. The van der Waals surface area contributed by atoms with E-state index in [1.54, 1.807) is 16.6 Å². The summed E-state index contributed by atoms with van der Waals surface area (Å²) in [6.07, 6.45) is 0. The first-order valence-electron chi connectivity index (χ1n) is 7.60. The molecule has 0 saturated heterocycles. The van der Waals surface area contributed by atoms with Crippen molar-refractivity contribution < 1.29 is 4.42 Å². The van der Waals surface area contributed by atoms with Crippen molar-refractivity contribution in [3.8, 4) is 22.0 Å². The molecule has 0 aliphatic carbocycles. The van der Waals surface area contributed by atoms with Crippen LogP contribution in [0.15, 0.2) is 69.9 Å². The molecule has 0 bridgehead atoms. The standard InChI is InChI=1S/C18H10N4O2S/c23-17-13(10-12-8-4-5-9-14(12)24-17)16-21-22-15(19-20-18(22)25-16)11-6-2-1-3-7-11/h1-10H. The number of nitrogens with zero attached hydrogens (tertiary/aromatic N) is 4. The molecule has 7 heteroatoms. The summed E-state index contributed by atoms with van der Waals surface area (Å²) in [4.78, 5) is 13.0. The average Bonchev–Trinajstić information content (AvgIpc) is 3.22. The van der Waals surface area contributed by atoms with E-state index < -0.39 is 5.63 Å². The van der Waals surface area contributed by atoms with Gasteiger partial charge in [-0.2, -0.15) is 9.61 Å². The summed E-state index contributed by atoms with van der Waals surface area (Å²) in [5.41, 5.74) is 1.49. The van der Waals surface area contributed by atoms with Gasteiger partial charge in [-0.1, -0.05) is 59.9 Å². The van der Waals surface area contributed by atoms with Gasteiger partial charge < -0.3 is 4.42 Å². The van der Waals surface area contributed by atoms with Gasteiger partial charge in [0.2, 0.25) is 4.96 Å². The van der Waals surface area contributed by atoms with Gasteiger partial charge in [-0.05, 0) is 12.1 Å². The Balaban J connectivity index is 1.71. The van der Waals surface area contributed by atoms with Gasteiger partial charge in [0.25, 0.3) is 0 Å². The van der Waals surface area contributed by atoms with Crippen LogP contribution in [-0.4, -0.2) is 19.8 Å². The number of rotatable bonds is 2. The van der Waals surface area contributed by atoms with Crippen LogP contribution < -0.4 is 5.63 Å². The maximum Gasteiger partial charge on any atom is 0.346 e. The third kappa shape index (κ3) is 2.25. The summed E-state index contributed by atoms with van der Waals surface area (Å²) in [6, 6.07) is 18.9. The molecular formula is C18H10N4O2S. The van der Waals surface area contributed by atoms with E-state index in [4.69, 9.17) is 4.42 Å². The number of hydrogen-bond acceptors (Lipinski definition) is 6. The first kappa shape index (κ1) is 14.1. The molecule has 6 nitrogen and oxygen atoms in total. The van der Waals surface area contributed by atoms with E-state index in [0.29, 0.717) is 26.9 Å². The third-order valence-electron chi connectivity index (χ3n) is 3.89. The first-order chi connectivity index (χ1) is 12.3. The zero-order valence-corrected chi connectivity index (χ0v) is 13.6. The van der Waals surface area contributed by atoms with Crippen molar-refractivity contribution in [1.29, 1.82) is 0 Å². The van der Waals surface area contributed by atoms with Gasteiger partial charge in [0.1, 0.15) is 5.58 Å². The normalized spacial score (nSPS) is 11.4. The molecule has 0 saturated carbocycles. The number of para-hydroxylation sites is 1. The summed E-state index contributed by atoms with van der Waals surface area (Å²) in [6.45, 7) is 0. The van der Waals surface area contributed by atoms with E-state index >= 15 is 0 Å². The lowest BCUT2D eigenvalue weighted by Crippen LogP contribution is -2.03. The first-order valence-corrected chi connectivity index (χ1v) is 8.42. The quantitative estimate of drug-likeness (QED) is 0.456. The maximum absolute atomic E-state index is 12.3. The van der Waals surface area contributed by atoms with E-state index in [9.17, 15) is 4.79 Å². The number of hydrogen-bond donors (Lipinski definition) is 0. The molecule has 0 aliphatic heterocycles. The van der Waals surface area contributed by atoms with Crippen LogP contribution >= 0.6 is 11.3 Å². The highest BCUT2D eigenvalue weighted by atomic mass is 32.1. The van der Waals surface area contributed by atoms with Crippen LogP contribution in [0.2, 0.25) is 0 Å². The van der Waals surface area contributed by atoms with Crippen molar-refractivity contribution in [2.24, 2.45) is 0 Å². The van der Waals surface area contributed by atoms with E-state index in [2.05, 4.69) is 15.3 Å². The zero-order chi connectivity index (χ0) is 16.8. The zero-order valence-electron chi connectivity index (χ0n) is 12.8. The summed E-state index contributed by atoms with van der Waals surface area (Å²) < 4.78 is 7.06. The van der Waals surface area contributed by atoms with Crippen molar-refractivity contribution in [3.05, 3.63) is 71.1 Å². The van der Waals surface area contributed by atoms with Gasteiger partial charge in [0.05, 0.1) is 5.56 Å². The Bertz CT molecular complexity index is 1270. The number of fused-ring (bicyclic) bond motifs is 2. The van der Waals surface area contributed by atoms with E-state index in [1.807, 2.05) is 48.5 Å². The van der Waals surface area contributed by atoms with Crippen LogP contribution in [0.3, 0.4) is 0 Å². The summed E-state index contributed by atoms with van der Waals surface area (Å²) in [7, 11) is 0. The highest BCUT2D eigenvalue weighted by Crippen LogP contribution is 2.27. The van der Waals surface area contributed by atoms with Crippen LogP contribution in [0.25, 0.3) is 37.9 Å². The Labute approximate surface area is 145 Å². The van der Waals surface area contributed by atoms with Crippen LogP contribution in [0.1, 0.15) is 0 Å². The minimum atomic E-state index is -0.412. The summed E-state index contributed by atoms with van der Waals surface area (Å²) in [5, 5.41) is 14.3. The summed E-state index contributed by atoms with van der Waals surface area (Å²) >= 11 is 1.31. The summed E-state index contributed by atoms with van der Waals surface area (Å²) in [5.74, 6) is 0.642. The molecule has 120 valence electrons. The molecular weight excluding hydrogens is 336 g/mol. The van der Waals surface area contributed by atoms with Crippen molar-refractivity contribution in [2.75, 3.05) is 0 Å². The van der Waals surface area contributed by atoms with Gasteiger partial charge in [0.15, 0.2) is 10.8 Å². The fraction of sp³-hybridized carbons (Fsp3) is 0. The SMILES string of the molecule is O=c1oc2ccccc2cc1-c1nn2c(-c3ccccc3)nnc2s1. The van der Waals surface area contributed by atoms with Crippen LogP contribution in [-0.2, 0) is 0 Å². The lowest BCUT2D eigenvalue weighted by atomic mass is 10.2. The molecule has 0 N–H and O–H groups in total. The monoisotopic (exact) mass is 346 g/mol. The van der Waals surface area contributed by atoms with Crippen LogP contribution in [0, 0.1) is 0 Å². The van der Waals surface area contributed by atoms with Crippen molar-refractivity contribution in [2.45, 2.75) is 0 Å². The smallest absolute Gasteiger partial charge is 0.346 e. The minimum Gasteiger partial charge on any atom is -0.422 e. The second-order valence-electron chi connectivity index (χ2n) is 5.48. The van der Waals surface area contributed by atoms with Crippen molar-refractivity contribution >= 4 is 27.3 Å². The average molecular weight is 346 g/mol. The molecule has 0 amide bonds. The molecule has 25 heavy (non-hydrogen) atoms. The molecule has 0 spiro atoms. The largest absolute Gasteiger partial charge is 0.422 e. The highest BCUT2D eigenvalue weighted by molar-refractivity contribution is 7.19. The topological polar surface area (TPSA) is 73.3 Å². The Morgan fingerprint density at radius 2 is 1.76 bits per heavy atom. The van der Waals surface area contributed by atoms with E-state index in [1.165, 1.54) is 11.3 Å². The Hall–Kier alpha value is -3.32. The molecule has 0 unspecified atom stereocenters. The fourth-order valence-corrected chi connectivity index (χ4v) is 3.55. The predicted octanol–water partition coefficient (Wildman–Crippen LogP) is 3.63. The molecule has 0 fully saturated rings. The van der Waals surface area contributed by atoms with E-state index in [0.717, 1.165) is 10.9 Å². The highest BCUT2D eigenvalue weighted by Gasteiger charge is 2.17. The molecule has 3 aromatic heterocycles. The van der Waals surface area contributed by atoms with Crippen LogP contribution in [0.4, 0.5) is 0 Å². The maximum atomic E-state index is 12.3. The van der Waals surface area contributed by atoms with Crippen LogP contribution in [0.5, 0.6) is 0 Å². The van der Waals surface area contributed by atoms with Crippen molar-refractivity contribution in [3.63, 3.8) is 0 Å². The molecule has 2 aromatic carbocycles. The predicted molar refractivity (Wildman–Crippen MR) is 95.6 cm³/mol. The van der Waals surface area contributed by atoms with Gasteiger partial charge in [-0.25, -0.2) is 4.79 Å². The lowest BCUT2D eigenvalue weighted by molar-refractivity contribution is 0.563. The fourth-order valence-electron chi connectivity index (χ4n) is 2.70. The Kier molecular flexibility index (Phi) is 3.01. The van der Waals surface area contributed by atoms with Gasteiger partial charge in [0, 0.05) is 10.9 Å².